The maximum Gasteiger partial charge on any atom is 0.228 e. The van der Waals surface area contributed by atoms with Gasteiger partial charge in [-0.3, -0.25) is 0 Å². The SMILES string of the molecule is [2H]C([2H])([2H])Oc1cc(Cl)c(Cc2ccc(C=C)cc2)cc1[C@]1(OC)O[C@H](CO)[C@@H](O)[C@H](O)[C@H]1O. The van der Waals surface area contributed by atoms with Gasteiger partial charge in [0, 0.05) is 12.1 Å². The Balaban J connectivity index is 2.16. The molecular formula is C23H27ClO7. The third kappa shape index (κ3) is 4.36. The summed E-state index contributed by atoms with van der Waals surface area (Å²) in [7, 11) is -1.72. The van der Waals surface area contributed by atoms with Gasteiger partial charge in [-0.25, -0.2) is 0 Å². The number of aliphatic hydroxyl groups is 4. The first kappa shape index (κ1) is 19.7. The van der Waals surface area contributed by atoms with E-state index in [1.807, 2.05) is 24.3 Å². The van der Waals surface area contributed by atoms with Gasteiger partial charge in [0.05, 0.1) is 23.3 Å². The summed E-state index contributed by atoms with van der Waals surface area (Å²) in [6.45, 7) is 3.01. The van der Waals surface area contributed by atoms with E-state index in [1.165, 1.54) is 19.2 Å². The zero-order chi connectivity index (χ0) is 25.3. The van der Waals surface area contributed by atoms with Crippen LogP contribution >= 0.6 is 11.6 Å². The number of aliphatic hydroxyl groups excluding tert-OH is 4. The highest BCUT2D eigenvalue weighted by Gasteiger charge is 2.56. The Labute approximate surface area is 190 Å². The highest BCUT2D eigenvalue weighted by atomic mass is 35.5. The lowest BCUT2D eigenvalue weighted by atomic mass is 9.86. The zero-order valence-electron chi connectivity index (χ0n) is 19.9. The van der Waals surface area contributed by atoms with Crippen LogP contribution in [-0.4, -0.2) is 65.6 Å². The highest BCUT2D eigenvalue weighted by Crippen LogP contribution is 2.44. The minimum atomic E-state index is -2.89. The lowest BCUT2D eigenvalue weighted by molar-refractivity contribution is -0.366. The summed E-state index contributed by atoms with van der Waals surface area (Å²) in [5, 5.41) is 41.3. The average molecular weight is 454 g/mol. The fourth-order valence-electron chi connectivity index (χ4n) is 3.73. The molecule has 2 aromatic rings. The molecule has 7 nitrogen and oxygen atoms in total. The van der Waals surface area contributed by atoms with Crippen molar-refractivity contribution in [3.8, 4) is 5.75 Å². The summed E-state index contributed by atoms with van der Waals surface area (Å²) in [5.41, 5.74) is 2.25. The molecule has 31 heavy (non-hydrogen) atoms. The van der Waals surface area contributed by atoms with Crippen molar-refractivity contribution >= 4 is 17.7 Å². The summed E-state index contributed by atoms with van der Waals surface area (Å²) in [6.07, 6.45) is -4.58. The van der Waals surface area contributed by atoms with Crippen molar-refractivity contribution in [2.45, 2.75) is 36.6 Å². The van der Waals surface area contributed by atoms with Crippen molar-refractivity contribution < 1.29 is 38.7 Å². The number of benzene rings is 2. The fraction of sp³-hybridized carbons (Fsp3) is 0.391. The Kier molecular flexibility index (Phi) is 6.14. The van der Waals surface area contributed by atoms with Crippen LogP contribution in [0.3, 0.4) is 0 Å². The summed E-state index contributed by atoms with van der Waals surface area (Å²) < 4.78 is 38.9. The fourth-order valence-corrected chi connectivity index (χ4v) is 3.95. The molecule has 1 fully saturated rings. The van der Waals surface area contributed by atoms with Crippen molar-refractivity contribution in [2.24, 2.45) is 0 Å². The molecule has 8 heteroatoms. The molecular weight excluding hydrogens is 424 g/mol. The largest absolute Gasteiger partial charge is 0.496 e. The van der Waals surface area contributed by atoms with Gasteiger partial charge in [-0.15, -0.1) is 0 Å². The molecule has 0 amide bonds. The van der Waals surface area contributed by atoms with E-state index < -0.39 is 43.8 Å². The first-order valence-electron chi connectivity index (χ1n) is 11.1. The van der Waals surface area contributed by atoms with Crippen LogP contribution in [-0.2, 0) is 21.7 Å². The molecule has 2 aromatic carbocycles. The third-order valence-electron chi connectivity index (χ3n) is 5.50. The Morgan fingerprint density at radius 2 is 1.94 bits per heavy atom. The van der Waals surface area contributed by atoms with Crippen LogP contribution in [0.1, 0.15) is 26.4 Å². The van der Waals surface area contributed by atoms with Crippen LogP contribution in [0.25, 0.3) is 6.08 Å². The van der Waals surface area contributed by atoms with E-state index in [2.05, 4.69) is 6.58 Å². The number of hydrogen-bond acceptors (Lipinski definition) is 7. The van der Waals surface area contributed by atoms with Crippen molar-refractivity contribution in [2.75, 3.05) is 20.8 Å². The number of rotatable bonds is 7. The average Bonchev–Trinajstić information content (AvgIpc) is 2.79. The molecule has 1 saturated heterocycles. The second-order valence-corrected chi connectivity index (χ2v) is 7.71. The first-order valence-corrected chi connectivity index (χ1v) is 9.95. The summed E-state index contributed by atoms with van der Waals surface area (Å²) in [5.74, 6) is -2.46. The quantitative estimate of drug-likeness (QED) is 0.506. The molecule has 1 aliphatic rings. The van der Waals surface area contributed by atoms with Gasteiger partial charge in [0.15, 0.2) is 0 Å². The third-order valence-corrected chi connectivity index (χ3v) is 5.85. The number of halogens is 1. The Morgan fingerprint density at radius 1 is 1.23 bits per heavy atom. The molecule has 1 heterocycles. The molecule has 4 N–H and O–H groups in total. The van der Waals surface area contributed by atoms with E-state index in [0.29, 0.717) is 12.0 Å². The Morgan fingerprint density at radius 3 is 2.52 bits per heavy atom. The summed E-state index contributed by atoms with van der Waals surface area (Å²) >= 11 is 6.46. The molecule has 0 unspecified atom stereocenters. The molecule has 0 saturated carbocycles. The first-order chi connectivity index (χ1) is 16.0. The van der Waals surface area contributed by atoms with Gasteiger partial charge in [0.25, 0.3) is 0 Å². The number of hydrogen-bond donors (Lipinski definition) is 4. The minimum absolute atomic E-state index is 0.0786. The molecule has 0 bridgehead atoms. The Hall–Kier alpha value is -1.97. The molecule has 0 aromatic heterocycles. The summed E-state index contributed by atoms with van der Waals surface area (Å²) in [4.78, 5) is 0. The topological polar surface area (TPSA) is 109 Å². The van der Waals surface area contributed by atoms with Gasteiger partial charge < -0.3 is 34.6 Å². The second kappa shape index (κ2) is 9.67. The van der Waals surface area contributed by atoms with Crippen molar-refractivity contribution in [1.82, 2.24) is 0 Å². The maximum atomic E-state index is 10.9. The molecule has 0 aliphatic carbocycles. The van der Waals surface area contributed by atoms with Crippen LogP contribution in [0.5, 0.6) is 5.75 Å². The maximum absolute atomic E-state index is 10.9. The second-order valence-electron chi connectivity index (χ2n) is 7.30. The van der Waals surface area contributed by atoms with Crippen molar-refractivity contribution in [3.05, 3.63) is 70.3 Å². The van der Waals surface area contributed by atoms with Crippen LogP contribution in [0.4, 0.5) is 0 Å². The van der Waals surface area contributed by atoms with E-state index in [-0.39, 0.29) is 16.3 Å². The van der Waals surface area contributed by atoms with Gasteiger partial charge in [-0.2, -0.15) is 0 Å². The van der Waals surface area contributed by atoms with E-state index >= 15 is 0 Å². The molecule has 168 valence electrons. The minimum Gasteiger partial charge on any atom is -0.496 e. The standard InChI is InChI=1S/C23H27ClO7/c1-4-13-5-7-14(8-6-13)9-15-10-16(18(29-2)11-17(15)24)23(30-3)22(28)21(27)20(26)19(12-25)31-23/h4-8,10-11,19-22,25-28H,1,9,12H2,2-3H3/t19-,20-,21+,22-,23+/m1/s1/i2D3. The van der Waals surface area contributed by atoms with Gasteiger partial charge in [-0.1, -0.05) is 48.5 Å². The van der Waals surface area contributed by atoms with Gasteiger partial charge in [-0.05, 0) is 35.2 Å². The molecule has 3 rings (SSSR count). The zero-order valence-corrected chi connectivity index (χ0v) is 17.6. The van der Waals surface area contributed by atoms with Crippen LogP contribution in [0.2, 0.25) is 5.02 Å². The van der Waals surface area contributed by atoms with Gasteiger partial charge in [0.1, 0.15) is 30.2 Å². The van der Waals surface area contributed by atoms with E-state index in [0.717, 1.165) is 11.1 Å². The van der Waals surface area contributed by atoms with Crippen LogP contribution in [0.15, 0.2) is 43.0 Å². The molecule has 1 aliphatic heterocycles. The number of methoxy groups -OCH3 is 2. The van der Waals surface area contributed by atoms with Crippen LogP contribution < -0.4 is 4.74 Å². The molecule has 0 radical (unpaired) electrons. The lowest BCUT2D eigenvalue weighted by Gasteiger charge is -2.48. The monoisotopic (exact) mass is 453 g/mol. The lowest BCUT2D eigenvalue weighted by Crippen LogP contribution is -2.64. The van der Waals surface area contributed by atoms with E-state index in [9.17, 15) is 20.4 Å². The predicted molar refractivity (Wildman–Crippen MR) is 116 cm³/mol. The van der Waals surface area contributed by atoms with Gasteiger partial charge >= 0.3 is 0 Å². The van der Waals surface area contributed by atoms with E-state index in [4.69, 9.17) is 29.9 Å². The summed E-state index contributed by atoms with van der Waals surface area (Å²) in [6, 6.07) is 10.2. The Bertz CT molecular complexity index is 1010. The van der Waals surface area contributed by atoms with E-state index in [1.54, 1.807) is 6.08 Å². The predicted octanol–water partition coefficient (Wildman–Crippen LogP) is 1.86. The number of ether oxygens (including phenoxy) is 3. The highest BCUT2D eigenvalue weighted by molar-refractivity contribution is 6.31. The van der Waals surface area contributed by atoms with Crippen LogP contribution in [0, 0.1) is 0 Å². The molecule has 0 spiro atoms. The van der Waals surface area contributed by atoms with Crippen molar-refractivity contribution in [3.63, 3.8) is 0 Å². The van der Waals surface area contributed by atoms with Crippen molar-refractivity contribution in [1.29, 1.82) is 0 Å². The molecule has 5 atom stereocenters. The van der Waals surface area contributed by atoms with Gasteiger partial charge in [0.2, 0.25) is 5.79 Å². The normalized spacial score (nSPS) is 30.2. The smallest absolute Gasteiger partial charge is 0.228 e.